The third-order valence-electron chi connectivity index (χ3n) is 2.73. The SMILES string of the molecule is CNC(=O)Cc1ccc(C(O)C(O)CCCl)cc1. The molecular formula is C13H18ClNO3. The van der Waals surface area contributed by atoms with E-state index in [4.69, 9.17) is 11.6 Å². The summed E-state index contributed by atoms with van der Waals surface area (Å²) in [7, 11) is 1.59. The summed E-state index contributed by atoms with van der Waals surface area (Å²) < 4.78 is 0. The maximum atomic E-state index is 11.2. The van der Waals surface area contributed by atoms with Gasteiger partial charge in [-0.05, 0) is 17.5 Å². The van der Waals surface area contributed by atoms with Crippen molar-refractivity contribution in [2.45, 2.75) is 25.0 Å². The van der Waals surface area contributed by atoms with Gasteiger partial charge in [-0.3, -0.25) is 4.79 Å². The number of aliphatic hydroxyl groups excluding tert-OH is 2. The highest BCUT2D eigenvalue weighted by Crippen LogP contribution is 2.19. The Morgan fingerprint density at radius 2 is 1.94 bits per heavy atom. The van der Waals surface area contributed by atoms with Gasteiger partial charge in [-0.2, -0.15) is 0 Å². The number of hydrogen-bond acceptors (Lipinski definition) is 3. The van der Waals surface area contributed by atoms with Crippen LogP contribution in [0.3, 0.4) is 0 Å². The van der Waals surface area contributed by atoms with Gasteiger partial charge in [0.15, 0.2) is 0 Å². The van der Waals surface area contributed by atoms with E-state index in [0.29, 0.717) is 24.3 Å². The first kappa shape index (κ1) is 15.0. The monoisotopic (exact) mass is 271 g/mol. The predicted molar refractivity (Wildman–Crippen MR) is 70.5 cm³/mol. The summed E-state index contributed by atoms with van der Waals surface area (Å²) in [6.07, 6.45) is -1.18. The predicted octanol–water partition coefficient (Wildman–Crippen LogP) is 0.998. The standard InChI is InChI=1S/C13H18ClNO3/c1-15-12(17)8-9-2-4-10(5-3-9)13(18)11(16)6-7-14/h2-5,11,13,16,18H,6-8H2,1H3,(H,15,17). The van der Waals surface area contributed by atoms with E-state index >= 15 is 0 Å². The van der Waals surface area contributed by atoms with Crippen LogP contribution in [0.25, 0.3) is 0 Å². The van der Waals surface area contributed by atoms with Crippen molar-refractivity contribution in [3.05, 3.63) is 35.4 Å². The lowest BCUT2D eigenvalue weighted by Gasteiger charge is -2.17. The summed E-state index contributed by atoms with van der Waals surface area (Å²) in [5, 5.41) is 22.0. The second-order valence-electron chi connectivity index (χ2n) is 4.08. The number of carbonyl (C=O) groups is 1. The average molecular weight is 272 g/mol. The summed E-state index contributed by atoms with van der Waals surface area (Å²) in [5.74, 6) is 0.234. The number of alkyl halides is 1. The molecule has 0 aromatic heterocycles. The molecule has 0 aliphatic carbocycles. The Morgan fingerprint density at radius 1 is 1.33 bits per heavy atom. The molecule has 5 heteroatoms. The highest BCUT2D eigenvalue weighted by Gasteiger charge is 2.17. The Hall–Kier alpha value is -1.10. The molecule has 2 atom stereocenters. The fourth-order valence-electron chi connectivity index (χ4n) is 1.60. The fraction of sp³-hybridized carbons (Fsp3) is 0.462. The second-order valence-corrected chi connectivity index (χ2v) is 4.46. The lowest BCUT2D eigenvalue weighted by Crippen LogP contribution is -2.20. The number of benzene rings is 1. The lowest BCUT2D eigenvalue weighted by molar-refractivity contribution is -0.119. The Morgan fingerprint density at radius 3 is 2.44 bits per heavy atom. The Bertz CT molecular complexity index is 380. The highest BCUT2D eigenvalue weighted by atomic mass is 35.5. The number of aliphatic hydroxyl groups is 2. The van der Waals surface area contributed by atoms with Crippen LogP contribution in [0.1, 0.15) is 23.7 Å². The van der Waals surface area contributed by atoms with Gasteiger partial charge >= 0.3 is 0 Å². The summed E-state index contributed by atoms with van der Waals surface area (Å²) in [4.78, 5) is 11.2. The number of halogens is 1. The number of likely N-dealkylation sites (N-methyl/N-ethyl adjacent to an activating group) is 1. The van der Waals surface area contributed by atoms with Crippen molar-refractivity contribution < 1.29 is 15.0 Å². The molecule has 0 aliphatic rings. The van der Waals surface area contributed by atoms with Crippen molar-refractivity contribution in [1.29, 1.82) is 0 Å². The molecule has 0 aliphatic heterocycles. The molecule has 4 nitrogen and oxygen atoms in total. The third kappa shape index (κ3) is 4.29. The van der Waals surface area contributed by atoms with Crippen molar-refractivity contribution in [3.63, 3.8) is 0 Å². The van der Waals surface area contributed by atoms with E-state index in [9.17, 15) is 15.0 Å². The van der Waals surface area contributed by atoms with Gasteiger partial charge in [0.25, 0.3) is 0 Å². The molecule has 18 heavy (non-hydrogen) atoms. The van der Waals surface area contributed by atoms with Gasteiger partial charge in [-0.1, -0.05) is 24.3 Å². The molecule has 0 heterocycles. The number of rotatable bonds is 6. The molecule has 1 aromatic carbocycles. The smallest absolute Gasteiger partial charge is 0.224 e. The first-order chi connectivity index (χ1) is 8.58. The van der Waals surface area contributed by atoms with Crippen molar-refractivity contribution in [3.8, 4) is 0 Å². The molecule has 100 valence electrons. The van der Waals surface area contributed by atoms with E-state index in [-0.39, 0.29) is 5.91 Å². The van der Waals surface area contributed by atoms with Gasteiger partial charge in [0.05, 0.1) is 12.5 Å². The summed E-state index contributed by atoms with van der Waals surface area (Å²) in [5.41, 5.74) is 1.48. The summed E-state index contributed by atoms with van der Waals surface area (Å²) >= 11 is 5.51. The van der Waals surface area contributed by atoms with Crippen LogP contribution >= 0.6 is 11.6 Å². The van der Waals surface area contributed by atoms with E-state index in [0.717, 1.165) is 5.56 Å². The van der Waals surface area contributed by atoms with Gasteiger partial charge in [0.1, 0.15) is 6.10 Å². The molecule has 0 saturated carbocycles. The largest absolute Gasteiger partial charge is 0.390 e. The fourth-order valence-corrected chi connectivity index (χ4v) is 1.82. The summed E-state index contributed by atoms with van der Waals surface area (Å²) in [6, 6.07) is 6.95. The number of nitrogens with one attached hydrogen (secondary N) is 1. The minimum Gasteiger partial charge on any atom is -0.390 e. The zero-order valence-corrected chi connectivity index (χ0v) is 11.0. The van der Waals surface area contributed by atoms with Crippen LogP contribution in [0, 0.1) is 0 Å². The third-order valence-corrected chi connectivity index (χ3v) is 2.95. The minimum atomic E-state index is -0.946. The molecule has 1 rings (SSSR count). The Kier molecular flexibility index (Phi) is 6.12. The molecule has 0 bridgehead atoms. The molecule has 1 aromatic rings. The van der Waals surface area contributed by atoms with Gasteiger partial charge in [-0.15, -0.1) is 11.6 Å². The molecule has 1 amide bonds. The number of hydrogen-bond donors (Lipinski definition) is 3. The van der Waals surface area contributed by atoms with Crippen LogP contribution in [0.2, 0.25) is 0 Å². The number of amides is 1. The van der Waals surface area contributed by atoms with Crippen LogP contribution in [-0.2, 0) is 11.2 Å². The molecule has 0 saturated heterocycles. The topological polar surface area (TPSA) is 69.6 Å². The Labute approximate surface area is 112 Å². The van der Waals surface area contributed by atoms with Crippen LogP contribution < -0.4 is 5.32 Å². The molecule has 0 spiro atoms. The quantitative estimate of drug-likeness (QED) is 0.676. The zero-order chi connectivity index (χ0) is 13.5. The normalized spacial score (nSPS) is 14.0. The average Bonchev–Trinajstić information content (AvgIpc) is 2.39. The van der Waals surface area contributed by atoms with Gasteiger partial charge in [0.2, 0.25) is 5.91 Å². The van der Waals surface area contributed by atoms with Gasteiger partial charge < -0.3 is 15.5 Å². The van der Waals surface area contributed by atoms with E-state index in [1.807, 2.05) is 0 Å². The second kappa shape index (κ2) is 7.36. The van der Waals surface area contributed by atoms with Gasteiger partial charge in [0, 0.05) is 12.9 Å². The van der Waals surface area contributed by atoms with Crippen molar-refractivity contribution in [1.82, 2.24) is 5.32 Å². The molecule has 0 fully saturated rings. The molecule has 2 unspecified atom stereocenters. The van der Waals surface area contributed by atoms with E-state index in [1.54, 1.807) is 31.3 Å². The summed E-state index contributed by atoms with van der Waals surface area (Å²) in [6.45, 7) is 0. The van der Waals surface area contributed by atoms with Gasteiger partial charge in [-0.25, -0.2) is 0 Å². The van der Waals surface area contributed by atoms with Crippen molar-refractivity contribution in [2.75, 3.05) is 12.9 Å². The Balaban J connectivity index is 2.67. The van der Waals surface area contributed by atoms with Crippen LogP contribution in [0.5, 0.6) is 0 Å². The molecule has 0 radical (unpaired) electrons. The first-order valence-corrected chi connectivity index (χ1v) is 6.33. The zero-order valence-electron chi connectivity index (χ0n) is 10.3. The maximum Gasteiger partial charge on any atom is 0.224 e. The highest BCUT2D eigenvalue weighted by molar-refractivity contribution is 6.17. The van der Waals surface area contributed by atoms with Crippen molar-refractivity contribution >= 4 is 17.5 Å². The number of carbonyl (C=O) groups excluding carboxylic acids is 1. The van der Waals surface area contributed by atoms with E-state index in [1.165, 1.54) is 0 Å². The van der Waals surface area contributed by atoms with E-state index < -0.39 is 12.2 Å². The van der Waals surface area contributed by atoms with Crippen LogP contribution in [0.4, 0.5) is 0 Å². The van der Waals surface area contributed by atoms with E-state index in [2.05, 4.69) is 5.32 Å². The molecular weight excluding hydrogens is 254 g/mol. The minimum absolute atomic E-state index is 0.0644. The first-order valence-electron chi connectivity index (χ1n) is 5.80. The maximum absolute atomic E-state index is 11.2. The van der Waals surface area contributed by atoms with Crippen LogP contribution in [0.15, 0.2) is 24.3 Å². The lowest BCUT2D eigenvalue weighted by atomic mass is 10.0. The molecule has 3 N–H and O–H groups in total. The van der Waals surface area contributed by atoms with Crippen molar-refractivity contribution in [2.24, 2.45) is 0 Å². The van der Waals surface area contributed by atoms with Crippen LogP contribution in [-0.4, -0.2) is 35.2 Å².